The lowest BCUT2D eigenvalue weighted by molar-refractivity contribution is -0.00399. The van der Waals surface area contributed by atoms with Gasteiger partial charge in [-0.05, 0) is 108 Å². The molecule has 1 aromatic heterocycles. The first kappa shape index (κ1) is 28.3. The Bertz CT molecular complexity index is 1550. The third kappa shape index (κ3) is 5.19. The lowest BCUT2D eigenvalue weighted by Gasteiger charge is -2.54. The fraction of sp³-hybridized carbons (Fsp3) is 0.485. The highest BCUT2D eigenvalue weighted by Gasteiger charge is 2.51. The summed E-state index contributed by atoms with van der Waals surface area (Å²) < 4.78 is 50.5. The van der Waals surface area contributed by atoms with Crippen LogP contribution in [0.15, 0.2) is 65.2 Å². The predicted octanol–water partition coefficient (Wildman–Crippen LogP) is 6.39. The van der Waals surface area contributed by atoms with Gasteiger partial charge < -0.3 is 4.74 Å². The molecule has 3 aromatic rings. The topological polar surface area (TPSA) is 64.4 Å². The van der Waals surface area contributed by atoms with Gasteiger partial charge in [0.1, 0.15) is 5.82 Å². The molecule has 1 saturated carbocycles. The number of nitrogens with zero attached hydrogens (tertiary/aromatic N) is 3. The number of ether oxygens (including phenoxy) is 1. The first-order valence-corrected chi connectivity index (χ1v) is 16.1. The highest BCUT2D eigenvalue weighted by molar-refractivity contribution is 7.89. The fourth-order valence-corrected chi connectivity index (χ4v) is 8.82. The van der Waals surface area contributed by atoms with Crippen LogP contribution in [-0.2, 0) is 26.6 Å². The molecular weight excluding hydrogens is 537 g/mol. The van der Waals surface area contributed by atoms with Gasteiger partial charge in [0.05, 0.1) is 22.5 Å². The maximum Gasteiger partial charge on any atom is 0.243 e. The molecule has 0 bridgehead atoms. The predicted molar refractivity (Wildman–Crippen MR) is 159 cm³/mol. The van der Waals surface area contributed by atoms with E-state index in [1.165, 1.54) is 23.3 Å². The van der Waals surface area contributed by atoms with E-state index in [4.69, 9.17) is 4.74 Å². The second-order valence-electron chi connectivity index (χ2n) is 13.2. The zero-order valence-corrected chi connectivity index (χ0v) is 25.3. The molecule has 1 aliphatic heterocycles. The van der Waals surface area contributed by atoms with Crippen molar-refractivity contribution in [3.8, 4) is 5.69 Å². The SMILES string of the molecule is COCC[C@]12CC3Cc4cnn(-c5ccc(F)cc5)c4C=C3CC1CCN(S(=O)(=O)c1ccc(C(C)(C)C)cc1)C2. The van der Waals surface area contributed by atoms with Gasteiger partial charge in [0, 0.05) is 26.8 Å². The van der Waals surface area contributed by atoms with E-state index in [9.17, 15) is 12.8 Å². The van der Waals surface area contributed by atoms with Crippen LogP contribution in [0.1, 0.15) is 63.3 Å². The van der Waals surface area contributed by atoms with E-state index in [1.54, 1.807) is 35.7 Å². The number of sulfonamides is 1. The summed E-state index contributed by atoms with van der Waals surface area (Å²) in [6.45, 7) is 8.07. The molecule has 8 heteroatoms. The Morgan fingerprint density at radius 3 is 2.49 bits per heavy atom. The summed E-state index contributed by atoms with van der Waals surface area (Å²) in [5.74, 6) is 0.469. The Balaban J connectivity index is 1.28. The molecule has 3 atom stereocenters. The molecule has 2 aromatic carbocycles. The Hall–Kier alpha value is -2.81. The van der Waals surface area contributed by atoms with Crippen LogP contribution in [0, 0.1) is 23.1 Å². The van der Waals surface area contributed by atoms with Crippen molar-refractivity contribution in [3.05, 3.63) is 82.9 Å². The van der Waals surface area contributed by atoms with Gasteiger partial charge in [0.25, 0.3) is 0 Å². The fourth-order valence-electron chi connectivity index (χ4n) is 7.27. The van der Waals surface area contributed by atoms with Crippen molar-refractivity contribution in [1.82, 2.24) is 14.1 Å². The molecule has 41 heavy (non-hydrogen) atoms. The highest BCUT2D eigenvalue weighted by Crippen LogP contribution is 2.55. The molecule has 0 amide bonds. The third-order valence-corrected chi connectivity index (χ3v) is 11.5. The summed E-state index contributed by atoms with van der Waals surface area (Å²) in [5, 5.41) is 4.65. The smallest absolute Gasteiger partial charge is 0.243 e. The lowest BCUT2D eigenvalue weighted by atomic mass is 9.56. The van der Waals surface area contributed by atoms with Gasteiger partial charge in [0.2, 0.25) is 10.0 Å². The Morgan fingerprint density at radius 2 is 1.80 bits per heavy atom. The standard InChI is InChI=1S/C33H40FN3O3S/c1-32(2,3)26-5-11-30(12-6-26)41(38,39)36-15-13-27-18-23-19-31-25(17-24(23)20-33(27,22-36)14-16-40-4)21-35-37(31)29-9-7-28(34)8-10-29/h5-12,19,21,24,27H,13-18,20,22H2,1-4H3/t24?,27?,33-/m1/s1. The van der Waals surface area contributed by atoms with Crippen molar-refractivity contribution in [3.63, 3.8) is 0 Å². The van der Waals surface area contributed by atoms with Gasteiger partial charge in [-0.1, -0.05) is 38.5 Å². The van der Waals surface area contributed by atoms with Crippen molar-refractivity contribution in [1.29, 1.82) is 0 Å². The quantitative estimate of drug-likeness (QED) is 0.341. The van der Waals surface area contributed by atoms with Crippen LogP contribution in [0.4, 0.5) is 4.39 Å². The molecule has 3 aliphatic rings. The van der Waals surface area contributed by atoms with Crippen molar-refractivity contribution >= 4 is 16.1 Å². The van der Waals surface area contributed by atoms with Crippen molar-refractivity contribution in [2.75, 3.05) is 26.8 Å². The van der Waals surface area contributed by atoms with Crippen LogP contribution < -0.4 is 0 Å². The number of hydrogen-bond acceptors (Lipinski definition) is 4. The average molecular weight is 578 g/mol. The molecule has 0 N–H and O–H groups in total. The number of piperidine rings is 1. The molecule has 0 spiro atoms. The molecule has 2 heterocycles. The maximum absolute atomic E-state index is 13.9. The third-order valence-electron chi connectivity index (χ3n) is 9.65. The zero-order valence-electron chi connectivity index (χ0n) is 24.4. The van der Waals surface area contributed by atoms with Gasteiger partial charge in [-0.3, -0.25) is 0 Å². The normalized spacial score (nSPS) is 24.8. The van der Waals surface area contributed by atoms with Crippen molar-refractivity contribution < 1.29 is 17.5 Å². The molecule has 6 nitrogen and oxygen atoms in total. The van der Waals surface area contributed by atoms with Crippen LogP contribution in [-0.4, -0.2) is 49.3 Å². The number of fused-ring (bicyclic) bond motifs is 3. The molecule has 6 rings (SSSR count). The van der Waals surface area contributed by atoms with Gasteiger partial charge >= 0.3 is 0 Å². The summed E-state index contributed by atoms with van der Waals surface area (Å²) >= 11 is 0. The highest BCUT2D eigenvalue weighted by atomic mass is 32.2. The summed E-state index contributed by atoms with van der Waals surface area (Å²) in [7, 11) is -1.88. The Morgan fingerprint density at radius 1 is 1.07 bits per heavy atom. The monoisotopic (exact) mass is 577 g/mol. The number of rotatable bonds is 6. The van der Waals surface area contributed by atoms with Crippen LogP contribution >= 0.6 is 0 Å². The van der Waals surface area contributed by atoms with E-state index in [2.05, 4.69) is 31.9 Å². The molecule has 2 aliphatic carbocycles. The minimum Gasteiger partial charge on any atom is -0.385 e. The van der Waals surface area contributed by atoms with E-state index in [1.807, 2.05) is 23.0 Å². The van der Waals surface area contributed by atoms with Crippen molar-refractivity contribution in [2.24, 2.45) is 17.3 Å². The minimum absolute atomic E-state index is 0.0342. The minimum atomic E-state index is -3.61. The van der Waals surface area contributed by atoms with Crippen LogP contribution in [0.3, 0.4) is 0 Å². The molecule has 0 radical (unpaired) electrons. The van der Waals surface area contributed by atoms with Gasteiger partial charge in [-0.15, -0.1) is 0 Å². The number of halogens is 1. The van der Waals surface area contributed by atoms with E-state index in [-0.39, 0.29) is 16.6 Å². The van der Waals surface area contributed by atoms with E-state index < -0.39 is 10.0 Å². The Labute approximate surface area is 243 Å². The van der Waals surface area contributed by atoms with Crippen LogP contribution in [0.5, 0.6) is 0 Å². The summed E-state index contributed by atoms with van der Waals surface area (Å²) in [6.07, 6.45) is 8.66. The number of allylic oxidation sites excluding steroid dienone is 1. The van der Waals surface area contributed by atoms with Gasteiger partial charge in [-0.25, -0.2) is 17.5 Å². The summed E-state index contributed by atoms with van der Waals surface area (Å²) in [6, 6.07) is 13.9. The number of hydrogen-bond donors (Lipinski definition) is 0. The Kier molecular flexibility index (Phi) is 7.23. The molecule has 1 saturated heterocycles. The molecule has 2 unspecified atom stereocenters. The molecular formula is C33H40FN3O3S. The number of aromatic nitrogens is 2. The van der Waals surface area contributed by atoms with Crippen LogP contribution in [0.2, 0.25) is 0 Å². The van der Waals surface area contributed by atoms with Gasteiger partial charge in [-0.2, -0.15) is 9.40 Å². The van der Waals surface area contributed by atoms with E-state index in [0.717, 1.165) is 49.0 Å². The largest absolute Gasteiger partial charge is 0.385 e. The molecule has 2 fully saturated rings. The number of methoxy groups -OCH3 is 1. The summed E-state index contributed by atoms with van der Waals surface area (Å²) in [5.41, 5.74) is 5.48. The second-order valence-corrected chi connectivity index (χ2v) is 15.1. The second kappa shape index (κ2) is 10.5. The number of benzene rings is 2. The zero-order chi connectivity index (χ0) is 29.0. The van der Waals surface area contributed by atoms with Gasteiger partial charge in [0.15, 0.2) is 0 Å². The maximum atomic E-state index is 13.9. The van der Waals surface area contributed by atoms with Crippen LogP contribution in [0.25, 0.3) is 11.8 Å². The average Bonchev–Trinajstić information content (AvgIpc) is 3.36. The van der Waals surface area contributed by atoms with E-state index in [0.29, 0.717) is 36.4 Å². The summed E-state index contributed by atoms with van der Waals surface area (Å²) in [4.78, 5) is 0.373. The lowest BCUT2D eigenvalue weighted by Crippen LogP contribution is -2.54. The van der Waals surface area contributed by atoms with E-state index >= 15 is 0 Å². The first-order chi connectivity index (χ1) is 19.5. The first-order valence-electron chi connectivity index (χ1n) is 14.6. The van der Waals surface area contributed by atoms with Crippen molar-refractivity contribution in [2.45, 2.75) is 63.2 Å². The molecule has 218 valence electrons.